The van der Waals surface area contributed by atoms with Gasteiger partial charge in [0.25, 0.3) is 0 Å². The van der Waals surface area contributed by atoms with E-state index < -0.39 is 48.7 Å². The van der Waals surface area contributed by atoms with Crippen molar-refractivity contribution >= 4 is 18.0 Å². The van der Waals surface area contributed by atoms with Gasteiger partial charge in [-0.25, -0.2) is 4.79 Å². The average molecular weight is 392 g/mol. The van der Waals surface area contributed by atoms with E-state index in [1.165, 1.54) is 24.3 Å². The summed E-state index contributed by atoms with van der Waals surface area (Å²) in [5.41, 5.74) is -2.06. The summed E-state index contributed by atoms with van der Waals surface area (Å²) in [5, 5.41) is 58.9. The van der Waals surface area contributed by atoms with Gasteiger partial charge in [0.1, 0.15) is 17.8 Å². The molecular formula is C16H17KO9. The quantitative estimate of drug-likeness (QED) is 0.146. The minimum Gasteiger partial charge on any atom is -0.547 e. The van der Waals surface area contributed by atoms with E-state index in [0.29, 0.717) is 5.56 Å². The third kappa shape index (κ3) is 5.51. The maximum absolute atomic E-state index is 11.8. The van der Waals surface area contributed by atoms with Crippen LogP contribution in [-0.2, 0) is 14.3 Å². The average Bonchev–Trinajstić information content (AvgIpc) is 2.53. The summed E-state index contributed by atoms with van der Waals surface area (Å²) in [6.07, 6.45) is -3.70. The Kier molecular flexibility index (Phi) is 8.23. The standard InChI is InChI=1S/C16H18O9.K/c17-9-3-1-8(5-10(9)18)2-4-13(20)25-12-7-16(24,15(22)23)6-11(19)14(12)21;/h1-5,11-12,14,17-19,21,24H,6-7H2,(H,22,23);/q;+1/p-1/b4-2+;/t11-,12-,14-,16+;/m1./s1. The van der Waals surface area contributed by atoms with Crippen LogP contribution < -0.4 is 56.5 Å². The van der Waals surface area contributed by atoms with Crippen molar-refractivity contribution < 1.29 is 96.3 Å². The number of carbonyl (C=O) groups excluding carboxylic acids is 2. The van der Waals surface area contributed by atoms with Crippen LogP contribution in [0.5, 0.6) is 11.5 Å². The van der Waals surface area contributed by atoms with Crippen molar-refractivity contribution in [3.63, 3.8) is 0 Å². The second-order valence-electron chi connectivity index (χ2n) is 5.84. The molecule has 1 saturated carbocycles. The van der Waals surface area contributed by atoms with Gasteiger partial charge in [-0.3, -0.25) is 0 Å². The van der Waals surface area contributed by atoms with Crippen LogP contribution in [0.3, 0.4) is 0 Å². The second-order valence-corrected chi connectivity index (χ2v) is 5.84. The number of aliphatic hydroxyl groups excluding tert-OH is 2. The first-order valence-electron chi connectivity index (χ1n) is 7.33. The molecule has 1 aliphatic rings. The molecule has 2 rings (SSSR count). The van der Waals surface area contributed by atoms with Gasteiger partial charge in [0.05, 0.1) is 12.1 Å². The topological polar surface area (TPSA) is 168 Å². The van der Waals surface area contributed by atoms with Gasteiger partial charge in [-0.1, -0.05) is 6.07 Å². The molecule has 0 heterocycles. The maximum Gasteiger partial charge on any atom is 1.00 e. The number of carboxylic acid groups (broad SMARTS) is 1. The Morgan fingerprint density at radius 3 is 2.42 bits per heavy atom. The first-order valence-corrected chi connectivity index (χ1v) is 7.33. The zero-order chi connectivity index (χ0) is 18.8. The third-order valence-corrected chi connectivity index (χ3v) is 3.92. The summed E-state index contributed by atoms with van der Waals surface area (Å²) in [7, 11) is 0. The molecular weight excluding hydrogens is 375 g/mol. The molecule has 10 heteroatoms. The van der Waals surface area contributed by atoms with E-state index >= 15 is 0 Å². The van der Waals surface area contributed by atoms with Crippen molar-refractivity contribution in [3.05, 3.63) is 29.8 Å². The fourth-order valence-electron chi connectivity index (χ4n) is 2.53. The normalized spacial score (nSPS) is 28.3. The van der Waals surface area contributed by atoms with Gasteiger partial charge in [0, 0.05) is 18.9 Å². The number of hydrogen-bond donors (Lipinski definition) is 5. The van der Waals surface area contributed by atoms with Gasteiger partial charge >= 0.3 is 57.4 Å². The summed E-state index contributed by atoms with van der Waals surface area (Å²) in [6.45, 7) is 0. The minimum atomic E-state index is -2.42. The Morgan fingerprint density at radius 1 is 1.19 bits per heavy atom. The number of aliphatic carboxylic acids is 1. The summed E-state index contributed by atoms with van der Waals surface area (Å²) >= 11 is 0. The number of hydrogen-bond acceptors (Lipinski definition) is 9. The van der Waals surface area contributed by atoms with Crippen LogP contribution in [-0.4, -0.2) is 61.4 Å². The molecule has 5 N–H and O–H groups in total. The van der Waals surface area contributed by atoms with Crippen LogP contribution in [0.25, 0.3) is 6.08 Å². The number of phenols is 2. The molecule has 0 aromatic heterocycles. The van der Waals surface area contributed by atoms with E-state index in [0.717, 1.165) is 6.08 Å². The van der Waals surface area contributed by atoms with Gasteiger partial charge in [-0.2, -0.15) is 0 Å². The summed E-state index contributed by atoms with van der Waals surface area (Å²) < 4.78 is 4.90. The SMILES string of the molecule is O=C(/C=C/c1ccc(O)c(O)c1)O[C@@H]1C[C@](O)(C(=O)[O-])C[C@@H](O)[C@H]1O.[K+]. The van der Waals surface area contributed by atoms with Crippen molar-refractivity contribution in [1.82, 2.24) is 0 Å². The Hall–Kier alpha value is -0.984. The Morgan fingerprint density at radius 2 is 1.85 bits per heavy atom. The molecule has 0 spiro atoms. The Bertz CT molecular complexity index is 705. The van der Waals surface area contributed by atoms with Crippen molar-refractivity contribution in [1.29, 1.82) is 0 Å². The molecule has 9 nitrogen and oxygen atoms in total. The van der Waals surface area contributed by atoms with Crippen molar-refractivity contribution in [2.24, 2.45) is 0 Å². The van der Waals surface area contributed by atoms with Crippen LogP contribution >= 0.6 is 0 Å². The molecule has 0 aliphatic heterocycles. The van der Waals surface area contributed by atoms with E-state index in [4.69, 9.17) is 4.74 Å². The minimum absolute atomic E-state index is 0. The zero-order valence-electron chi connectivity index (χ0n) is 13.9. The van der Waals surface area contributed by atoms with Crippen LogP contribution in [0.2, 0.25) is 0 Å². The molecule has 4 atom stereocenters. The number of aliphatic hydroxyl groups is 3. The van der Waals surface area contributed by atoms with Crippen LogP contribution in [0.4, 0.5) is 0 Å². The van der Waals surface area contributed by atoms with Crippen molar-refractivity contribution in [3.8, 4) is 11.5 Å². The van der Waals surface area contributed by atoms with E-state index in [1.807, 2.05) is 0 Å². The summed E-state index contributed by atoms with van der Waals surface area (Å²) in [4.78, 5) is 22.8. The Balaban J connectivity index is 0.00000338. The van der Waals surface area contributed by atoms with E-state index in [2.05, 4.69) is 0 Å². The van der Waals surface area contributed by atoms with Gasteiger partial charge in [0.15, 0.2) is 11.5 Å². The predicted molar refractivity (Wildman–Crippen MR) is 79.9 cm³/mol. The number of rotatable bonds is 4. The molecule has 1 aliphatic carbocycles. The van der Waals surface area contributed by atoms with Crippen LogP contribution in [0.1, 0.15) is 18.4 Å². The van der Waals surface area contributed by atoms with Crippen molar-refractivity contribution in [2.75, 3.05) is 0 Å². The molecule has 0 saturated heterocycles. The number of ether oxygens (including phenoxy) is 1. The Labute approximate surface area is 191 Å². The molecule has 1 fully saturated rings. The fourth-order valence-corrected chi connectivity index (χ4v) is 2.53. The fraction of sp³-hybridized carbons (Fsp3) is 0.375. The number of esters is 1. The number of phenolic OH excluding ortho intramolecular Hbond substituents is 2. The molecule has 26 heavy (non-hydrogen) atoms. The predicted octanol–water partition coefficient (Wildman–Crippen LogP) is -4.98. The summed E-state index contributed by atoms with van der Waals surface area (Å²) in [6, 6.07) is 3.81. The molecule has 0 amide bonds. The van der Waals surface area contributed by atoms with Gasteiger partial charge < -0.3 is 40.2 Å². The first-order chi connectivity index (χ1) is 11.6. The molecule has 0 unspecified atom stereocenters. The first kappa shape index (κ1) is 23.1. The number of carbonyl (C=O) groups is 2. The smallest absolute Gasteiger partial charge is 0.547 e. The number of carboxylic acids is 1. The third-order valence-electron chi connectivity index (χ3n) is 3.92. The monoisotopic (exact) mass is 392 g/mol. The van der Waals surface area contributed by atoms with Crippen LogP contribution in [0, 0.1) is 0 Å². The molecule has 1 aromatic carbocycles. The van der Waals surface area contributed by atoms with Gasteiger partial charge in [-0.05, 0) is 23.8 Å². The van der Waals surface area contributed by atoms with E-state index in [1.54, 1.807) is 0 Å². The van der Waals surface area contributed by atoms with Gasteiger partial charge in [-0.15, -0.1) is 0 Å². The van der Waals surface area contributed by atoms with E-state index in [-0.39, 0.29) is 62.9 Å². The zero-order valence-corrected chi connectivity index (χ0v) is 17.0. The summed E-state index contributed by atoms with van der Waals surface area (Å²) in [5.74, 6) is -3.53. The van der Waals surface area contributed by atoms with Crippen molar-refractivity contribution in [2.45, 2.75) is 36.8 Å². The number of aromatic hydroxyl groups is 2. The molecule has 136 valence electrons. The molecule has 0 bridgehead atoms. The molecule has 1 aromatic rings. The largest absolute Gasteiger partial charge is 1.00 e. The second kappa shape index (κ2) is 9.29. The molecule has 0 radical (unpaired) electrons. The maximum atomic E-state index is 11.8. The van der Waals surface area contributed by atoms with Crippen LogP contribution in [0.15, 0.2) is 24.3 Å². The van der Waals surface area contributed by atoms with E-state index in [9.17, 15) is 40.2 Å². The number of benzene rings is 1. The van der Waals surface area contributed by atoms with Gasteiger partial charge in [0.2, 0.25) is 0 Å².